The van der Waals surface area contributed by atoms with E-state index in [1.807, 2.05) is 17.8 Å². The van der Waals surface area contributed by atoms with Gasteiger partial charge in [0, 0.05) is 40.3 Å². The molecule has 0 spiro atoms. The number of para-hydroxylation sites is 1. The van der Waals surface area contributed by atoms with Gasteiger partial charge in [0.05, 0.1) is 12.8 Å². The molecule has 0 radical (unpaired) electrons. The van der Waals surface area contributed by atoms with Gasteiger partial charge in [-0.1, -0.05) is 31.5 Å². The van der Waals surface area contributed by atoms with Crippen LogP contribution in [0.3, 0.4) is 0 Å². The molecule has 6 heteroatoms. The highest BCUT2D eigenvalue weighted by Gasteiger charge is 2.29. The molecule has 1 heterocycles. The van der Waals surface area contributed by atoms with Gasteiger partial charge in [0.15, 0.2) is 0 Å². The Balaban J connectivity index is 1.99. The third kappa shape index (κ3) is 5.04. The summed E-state index contributed by atoms with van der Waals surface area (Å²) in [6, 6.07) is 14.8. The van der Waals surface area contributed by atoms with Crippen LogP contribution in [0.2, 0.25) is 0 Å². The van der Waals surface area contributed by atoms with Gasteiger partial charge in [-0.05, 0) is 38.0 Å². The molecule has 0 saturated heterocycles. The Morgan fingerprint density at radius 1 is 1.31 bits per heavy atom. The minimum atomic E-state index is -0.839. The second-order valence-corrected chi connectivity index (χ2v) is 10.4. The Bertz CT molecular complexity index is 855. The highest BCUT2D eigenvalue weighted by Crippen LogP contribution is 2.44. The molecule has 1 atom stereocenters. The van der Waals surface area contributed by atoms with Crippen LogP contribution in [0.4, 0.5) is 11.4 Å². The first-order valence-electron chi connectivity index (χ1n) is 9.89. The number of benzene rings is 2. The molecule has 1 aliphatic rings. The van der Waals surface area contributed by atoms with Gasteiger partial charge < -0.3 is 14.7 Å². The van der Waals surface area contributed by atoms with E-state index in [-0.39, 0.29) is 0 Å². The first kappa shape index (κ1) is 21.9. The van der Waals surface area contributed by atoms with E-state index in [2.05, 4.69) is 48.2 Å². The molecule has 29 heavy (non-hydrogen) atoms. The topological polar surface area (TPSA) is 49.8 Å². The average molecular weight is 432 g/mol. The Kier molecular flexibility index (Phi) is 7.06. The molecule has 0 aliphatic carbocycles. The number of carbonyl (C=O) groups is 1. The van der Waals surface area contributed by atoms with Crippen molar-refractivity contribution >= 4 is 40.9 Å². The van der Waals surface area contributed by atoms with E-state index in [9.17, 15) is 9.90 Å². The number of fused-ring (bicyclic) bond motifs is 1. The largest absolute Gasteiger partial charge is 0.496 e. The van der Waals surface area contributed by atoms with Crippen molar-refractivity contribution in [2.45, 2.75) is 42.6 Å². The monoisotopic (exact) mass is 431 g/mol. The standard InChI is InChI=1S/C23H29NO3S2/c1-5-16-13-24(18-9-7-6-8-10-18)19-12-20(27-4)17(11-21(19)28-14-16)15-29-23(2,3)22(25)26/h6-12,16H,5,13-15H2,1-4H3,(H,25,26). The molecule has 156 valence electrons. The highest BCUT2D eigenvalue weighted by molar-refractivity contribution is 8.00. The zero-order chi connectivity index (χ0) is 21.0. The lowest BCUT2D eigenvalue weighted by Crippen LogP contribution is -2.27. The SMILES string of the molecule is CCC1CSc2cc(CSC(C)(C)C(=O)O)c(OC)cc2N(c2ccccc2)C1. The van der Waals surface area contributed by atoms with Gasteiger partial charge in [-0.15, -0.1) is 23.5 Å². The van der Waals surface area contributed by atoms with E-state index in [4.69, 9.17) is 4.74 Å². The fraction of sp³-hybridized carbons (Fsp3) is 0.435. The Morgan fingerprint density at radius 2 is 2.03 bits per heavy atom. The number of hydrogen-bond acceptors (Lipinski definition) is 5. The number of ether oxygens (including phenoxy) is 1. The van der Waals surface area contributed by atoms with E-state index in [1.165, 1.54) is 28.0 Å². The molecule has 0 bridgehead atoms. The molecule has 1 unspecified atom stereocenters. The third-order valence-corrected chi connectivity index (χ3v) is 7.94. The Hall–Kier alpha value is -1.79. The zero-order valence-corrected chi connectivity index (χ0v) is 19.1. The summed E-state index contributed by atoms with van der Waals surface area (Å²) in [4.78, 5) is 15.1. The molecule has 1 aliphatic heterocycles. The molecule has 0 saturated carbocycles. The van der Waals surface area contributed by atoms with Crippen LogP contribution in [0.15, 0.2) is 47.4 Å². The van der Waals surface area contributed by atoms with Crippen molar-refractivity contribution in [3.05, 3.63) is 48.0 Å². The van der Waals surface area contributed by atoms with Crippen LogP contribution in [-0.2, 0) is 10.5 Å². The molecule has 0 amide bonds. The summed E-state index contributed by atoms with van der Waals surface area (Å²) in [5, 5.41) is 9.43. The van der Waals surface area contributed by atoms with Gasteiger partial charge in [0.1, 0.15) is 10.5 Å². The summed E-state index contributed by atoms with van der Waals surface area (Å²) < 4.78 is 4.88. The van der Waals surface area contributed by atoms with Gasteiger partial charge in [-0.25, -0.2) is 0 Å². The second kappa shape index (κ2) is 9.35. The lowest BCUT2D eigenvalue weighted by Gasteiger charge is -2.28. The van der Waals surface area contributed by atoms with Gasteiger partial charge >= 0.3 is 5.97 Å². The number of carboxylic acid groups (broad SMARTS) is 1. The normalized spacial score (nSPS) is 16.8. The molecule has 4 nitrogen and oxygen atoms in total. The molecule has 1 N–H and O–H groups in total. The maximum absolute atomic E-state index is 11.5. The van der Waals surface area contributed by atoms with E-state index in [0.29, 0.717) is 11.7 Å². The van der Waals surface area contributed by atoms with Crippen LogP contribution in [-0.4, -0.2) is 35.2 Å². The van der Waals surface area contributed by atoms with Crippen molar-refractivity contribution in [2.24, 2.45) is 5.92 Å². The number of hydrogen-bond donors (Lipinski definition) is 1. The average Bonchev–Trinajstić information content (AvgIpc) is 2.91. The number of methoxy groups -OCH3 is 1. The van der Waals surface area contributed by atoms with Gasteiger partial charge in [-0.2, -0.15) is 0 Å². The molecule has 0 aromatic heterocycles. The molecule has 2 aromatic rings. The van der Waals surface area contributed by atoms with E-state index in [1.54, 1.807) is 21.0 Å². The van der Waals surface area contributed by atoms with E-state index >= 15 is 0 Å². The van der Waals surface area contributed by atoms with Crippen LogP contribution in [0.1, 0.15) is 32.8 Å². The molecular formula is C23H29NO3S2. The minimum absolute atomic E-state index is 0.596. The van der Waals surface area contributed by atoms with Crippen LogP contribution in [0.5, 0.6) is 5.75 Å². The molecular weight excluding hydrogens is 402 g/mol. The molecule has 2 aromatic carbocycles. The maximum atomic E-state index is 11.5. The lowest BCUT2D eigenvalue weighted by atomic mass is 10.1. The number of thioether (sulfide) groups is 2. The van der Waals surface area contributed by atoms with Crippen molar-refractivity contribution in [3.63, 3.8) is 0 Å². The lowest BCUT2D eigenvalue weighted by molar-refractivity contribution is -0.138. The van der Waals surface area contributed by atoms with E-state index < -0.39 is 10.7 Å². The summed E-state index contributed by atoms with van der Waals surface area (Å²) in [5.74, 6) is 2.29. The first-order chi connectivity index (χ1) is 13.9. The summed E-state index contributed by atoms with van der Waals surface area (Å²) in [6.45, 7) is 6.71. The third-order valence-electron chi connectivity index (χ3n) is 5.32. The summed E-state index contributed by atoms with van der Waals surface area (Å²) in [7, 11) is 1.68. The van der Waals surface area contributed by atoms with Crippen LogP contribution in [0, 0.1) is 5.92 Å². The number of aliphatic carboxylic acids is 1. The van der Waals surface area contributed by atoms with Crippen molar-refractivity contribution in [2.75, 3.05) is 24.3 Å². The smallest absolute Gasteiger partial charge is 0.319 e. The summed E-state index contributed by atoms with van der Waals surface area (Å²) in [5.41, 5.74) is 3.40. The van der Waals surface area contributed by atoms with Crippen LogP contribution < -0.4 is 9.64 Å². The maximum Gasteiger partial charge on any atom is 0.319 e. The number of anilines is 2. The van der Waals surface area contributed by atoms with Crippen LogP contribution in [0.25, 0.3) is 0 Å². The fourth-order valence-electron chi connectivity index (χ4n) is 3.26. The Morgan fingerprint density at radius 3 is 2.66 bits per heavy atom. The number of carboxylic acids is 1. The van der Waals surface area contributed by atoms with Crippen molar-refractivity contribution < 1.29 is 14.6 Å². The quantitative estimate of drug-likeness (QED) is 0.575. The molecule has 0 fully saturated rings. The van der Waals surface area contributed by atoms with Gasteiger partial charge in [0.2, 0.25) is 0 Å². The van der Waals surface area contributed by atoms with E-state index in [0.717, 1.165) is 30.0 Å². The van der Waals surface area contributed by atoms with Gasteiger partial charge in [-0.3, -0.25) is 4.79 Å². The second-order valence-electron chi connectivity index (χ2n) is 7.77. The predicted octanol–water partition coefficient (Wildman–Crippen LogP) is 6.06. The van der Waals surface area contributed by atoms with Crippen molar-refractivity contribution in [1.29, 1.82) is 0 Å². The summed E-state index contributed by atoms with van der Waals surface area (Å²) in [6.07, 6.45) is 1.14. The van der Waals surface area contributed by atoms with Crippen molar-refractivity contribution in [3.8, 4) is 5.75 Å². The predicted molar refractivity (Wildman–Crippen MR) is 124 cm³/mol. The van der Waals surface area contributed by atoms with Crippen LogP contribution >= 0.6 is 23.5 Å². The molecule has 3 rings (SSSR count). The highest BCUT2D eigenvalue weighted by atomic mass is 32.2. The van der Waals surface area contributed by atoms with Crippen molar-refractivity contribution in [1.82, 2.24) is 0 Å². The summed E-state index contributed by atoms with van der Waals surface area (Å²) >= 11 is 3.32. The zero-order valence-electron chi connectivity index (χ0n) is 17.5. The van der Waals surface area contributed by atoms with Gasteiger partial charge in [0.25, 0.3) is 0 Å². The first-order valence-corrected chi connectivity index (χ1v) is 11.9. The number of nitrogens with zero attached hydrogens (tertiary/aromatic N) is 1. The Labute approximate surface area is 182 Å². The fourth-order valence-corrected chi connectivity index (χ4v) is 5.42. The minimum Gasteiger partial charge on any atom is -0.496 e. The number of rotatable bonds is 7.